The molecule has 132 valence electrons. The van der Waals surface area contributed by atoms with E-state index in [1.807, 2.05) is 0 Å². The van der Waals surface area contributed by atoms with Gasteiger partial charge in [-0.25, -0.2) is 4.68 Å². The number of benzene rings is 1. The Morgan fingerprint density at radius 2 is 2.04 bits per heavy atom. The van der Waals surface area contributed by atoms with Crippen LogP contribution in [0.2, 0.25) is 0 Å². The molecule has 0 fully saturated rings. The topological polar surface area (TPSA) is 106 Å². The number of rotatable bonds is 3. The molecule has 2 heterocycles. The molecule has 8 nitrogen and oxygen atoms in total. The predicted octanol–water partition coefficient (Wildman–Crippen LogP) is 1.09. The Labute approximate surface area is 143 Å². The molecule has 0 radical (unpaired) electrons. The van der Waals surface area contributed by atoms with Gasteiger partial charge < -0.3 is 16.1 Å². The summed E-state index contributed by atoms with van der Waals surface area (Å²) < 4.78 is 38.2. The molecule has 0 saturated carbocycles. The summed E-state index contributed by atoms with van der Waals surface area (Å²) in [6.45, 7) is -0.181. The molecular formula is C13H11F3N6O2S. The van der Waals surface area contributed by atoms with E-state index in [9.17, 15) is 22.8 Å². The Morgan fingerprint density at radius 1 is 1.32 bits per heavy atom. The van der Waals surface area contributed by atoms with Gasteiger partial charge in [-0.1, -0.05) is 23.9 Å². The molecule has 3 N–H and O–H groups in total. The quantitative estimate of drug-likeness (QED) is 0.617. The lowest BCUT2D eigenvalue weighted by molar-refractivity contribution is -0.146. The van der Waals surface area contributed by atoms with Gasteiger partial charge in [0.25, 0.3) is 5.82 Å². The van der Waals surface area contributed by atoms with Crippen LogP contribution < -0.4 is 16.1 Å². The first-order valence-corrected chi connectivity index (χ1v) is 7.85. The number of carbonyl (C=O) groups excluding carboxylic acids is 2. The minimum Gasteiger partial charge on any atom is -0.335 e. The molecule has 2 amide bonds. The molecule has 12 heteroatoms. The number of halogens is 3. The highest BCUT2D eigenvalue weighted by molar-refractivity contribution is 7.99. The second-order valence-electron chi connectivity index (χ2n) is 5.01. The smallest absolute Gasteiger partial charge is 0.335 e. The number of fused-ring (bicyclic) bond motifs is 1. The zero-order valence-corrected chi connectivity index (χ0v) is 13.3. The SMILES string of the molecule is Nn1c(SCC(=O)N2CC(=O)Nc3ccccc32)nnc1C(F)(F)F. The van der Waals surface area contributed by atoms with Gasteiger partial charge in [0.15, 0.2) is 0 Å². The van der Waals surface area contributed by atoms with Crippen LogP contribution in [0.15, 0.2) is 29.4 Å². The lowest BCUT2D eigenvalue weighted by Gasteiger charge is -2.28. The van der Waals surface area contributed by atoms with Crippen molar-refractivity contribution in [2.24, 2.45) is 0 Å². The van der Waals surface area contributed by atoms with Gasteiger partial charge in [-0.05, 0) is 12.1 Å². The van der Waals surface area contributed by atoms with Crippen molar-refractivity contribution >= 4 is 35.0 Å². The van der Waals surface area contributed by atoms with Gasteiger partial charge in [-0.2, -0.15) is 13.2 Å². The van der Waals surface area contributed by atoms with Gasteiger partial charge in [0.1, 0.15) is 6.54 Å². The first-order valence-electron chi connectivity index (χ1n) is 6.87. The van der Waals surface area contributed by atoms with Gasteiger partial charge >= 0.3 is 6.18 Å². The minimum atomic E-state index is -4.74. The maximum atomic E-state index is 12.6. The average molecular weight is 372 g/mol. The van der Waals surface area contributed by atoms with Crippen LogP contribution in [0, 0.1) is 0 Å². The summed E-state index contributed by atoms with van der Waals surface area (Å²) in [6, 6.07) is 6.71. The number of nitrogens with two attached hydrogens (primary N) is 1. The molecule has 1 aromatic heterocycles. The molecule has 0 bridgehead atoms. The van der Waals surface area contributed by atoms with Crippen LogP contribution in [0.1, 0.15) is 5.82 Å². The standard InChI is InChI=1S/C13H11F3N6O2S/c14-13(15,16)11-19-20-12(22(11)17)25-6-10(24)21-5-9(23)18-7-3-1-2-4-8(7)21/h1-4H,5-6,17H2,(H,18,23). The fourth-order valence-electron chi connectivity index (χ4n) is 2.23. The lowest BCUT2D eigenvalue weighted by atomic mass is 10.2. The van der Waals surface area contributed by atoms with E-state index in [0.29, 0.717) is 23.1 Å². The molecule has 1 aliphatic heterocycles. The van der Waals surface area contributed by atoms with E-state index in [-0.39, 0.29) is 28.0 Å². The van der Waals surface area contributed by atoms with Gasteiger partial charge in [0.2, 0.25) is 17.0 Å². The third-order valence-electron chi connectivity index (χ3n) is 3.31. The third-order valence-corrected chi connectivity index (χ3v) is 4.24. The van der Waals surface area contributed by atoms with Crippen LogP contribution in [-0.4, -0.2) is 39.0 Å². The van der Waals surface area contributed by atoms with Crippen LogP contribution in [0.3, 0.4) is 0 Å². The second-order valence-corrected chi connectivity index (χ2v) is 5.95. The number of carbonyl (C=O) groups is 2. The molecule has 2 aromatic rings. The number of anilines is 2. The maximum Gasteiger partial charge on any atom is 0.453 e. The number of alkyl halides is 3. The number of hydrogen-bond donors (Lipinski definition) is 2. The third kappa shape index (κ3) is 3.38. The maximum absolute atomic E-state index is 12.6. The number of nitrogens with one attached hydrogen (secondary N) is 1. The van der Waals surface area contributed by atoms with E-state index in [0.717, 1.165) is 0 Å². The molecule has 0 unspecified atom stereocenters. The fraction of sp³-hybridized carbons (Fsp3) is 0.231. The Balaban J connectivity index is 1.74. The van der Waals surface area contributed by atoms with Gasteiger partial charge in [0.05, 0.1) is 17.1 Å². The van der Waals surface area contributed by atoms with Crippen molar-refractivity contribution in [3.63, 3.8) is 0 Å². The highest BCUT2D eigenvalue weighted by atomic mass is 32.2. The van der Waals surface area contributed by atoms with E-state index in [1.165, 1.54) is 4.90 Å². The van der Waals surface area contributed by atoms with Gasteiger partial charge in [-0.15, -0.1) is 10.2 Å². The number of nitrogen functional groups attached to an aromatic ring is 1. The zero-order valence-electron chi connectivity index (χ0n) is 12.4. The van der Waals surface area contributed by atoms with Crippen LogP contribution in [-0.2, 0) is 15.8 Å². The molecule has 0 spiro atoms. The summed E-state index contributed by atoms with van der Waals surface area (Å²) in [5, 5.41) is 8.70. The zero-order chi connectivity index (χ0) is 18.2. The summed E-state index contributed by atoms with van der Waals surface area (Å²) >= 11 is 0.703. The number of aromatic nitrogens is 3. The van der Waals surface area contributed by atoms with Crippen molar-refractivity contribution in [2.75, 3.05) is 28.4 Å². The van der Waals surface area contributed by atoms with Crippen LogP contribution in [0.4, 0.5) is 24.5 Å². The first kappa shape index (κ1) is 17.1. The average Bonchev–Trinajstić information content (AvgIpc) is 2.92. The van der Waals surface area contributed by atoms with E-state index < -0.39 is 17.9 Å². The van der Waals surface area contributed by atoms with Crippen molar-refractivity contribution in [1.82, 2.24) is 14.9 Å². The monoisotopic (exact) mass is 372 g/mol. The van der Waals surface area contributed by atoms with Crippen molar-refractivity contribution in [2.45, 2.75) is 11.3 Å². The number of thioether (sulfide) groups is 1. The van der Waals surface area contributed by atoms with Crippen molar-refractivity contribution in [1.29, 1.82) is 0 Å². The van der Waals surface area contributed by atoms with E-state index >= 15 is 0 Å². The van der Waals surface area contributed by atoms with Crippen molar-refractivity contribution < 1.29 is 22.8 Å². The fourth-order valence-corrected chi connectivity index (χ4v) is 2.96. The number of amides is 2. The number of nitrogens with zero attached hydrogens (tertiary/aromatic N) is 4. The summed E-state index contributed by atoms with van der Waals surface area (Å²) in [5.74, 6) is 2.87. The van der Waals surface area contributed by atoms with Crippen LogP contribution in [0.5, 0.6) is 0 Å². The molecule has 1 aromatic carbocycles. The largest absolute Gasteiger partial charge is 0.453 e. The van der Waals surface area contributed by atoms with Gasteiger partial charge in [0, 0.05) is 0 Å². The molecular weight excluding hydrogens is 361 g/mol. The van der Waals surface area contributed by atoms with Gasteiger partial charge in [-0.3, -0.25) is 9.59 Å². The lowest BCUT2D eigenvalue weighted by Crippen LogP contribution is -2.43. The molecule has 0 saturated heterocycles. The van der Waals surface area contributed by atoms with E-state index in [4.69, 9.17) is 5.84 Å². The number of para-hydroxylation sites is 2. The van der Waals surface area contributed by atoms with Crippen LogP contribution in [0.25, 0.3) is 0 Å². The molecule has 1 aliphatic rings. The Morgan fingerprint density at radius 3 is 2.72 bits per heavy atom. The molecule has 3 rings (SSSR count). The predicted molar refractivity (Wildman–Crippen MR) is 83.3 cm³/mol. The summed E-state index contributed by atoms with van der Waals surface area (Å²) in [5.41, 5.74) is 0.997. The Bertz CT molecular complexity index is 837. The summed E-state index contributed by atoms with van der Waals surface area (Å²) in [4.78, 5) is 25.4. The Hall–Kier alpha value is -2.76. The highest BCUT2D eigenvalue weighted by Crippen LogP contribution is 2.31. The first-order chi connectivity index (χ1) is 11.8. The molecule has 0 atom stereocenters. The second kappa shape index (κ2) is 6.27. The summed E-state index contributed by atoms with van der Waals surface area (Å²) in [6.07, 6.45) is -4.74. The Kier molecular flexibility index (Phi) is 4.29. The van der Waals surface area contributed by atoms with Crippen molar-refractivity contribution in [3.05, 3.63) is 30.1 Å². The normalized spacial score (nSPS) is 14.2. The molecule has 25 heavy (non-hydrogen) atoms. The summed E-state index contributed by atoms with van der Waals surface area (Å²) in [7, 11) is 0. The van der Waals surface area contributed by atoms with Crippen molar-refractivity contribution in [3.8, 4) is 0 Å². The highest BCUT2D eigenvalue weighted by Gasteiger charge is 2.38. The van der Waals surface area contributed by atoms with E-state index in [1.54, 1.807) is 24.3 Å². The number of hydrogen-bond acceptors (Lipinski definition) is 6. The van der Waals surface area contributed by atoms with E-state index in [2.05, 4.69) is 15.5 Å². The molecule has 0 aliphatic carbocycles. The van der Waals surface area contributed by atoms with Crippen LogP contribution >= 0.6 is 11.8 Å². The minimum absolute atomic E-state index is 0.181.